The molecule has 1 aliphatic rings. The molecule has 172 valence electrons. The Balaban J connectivity index is 2.04. The Morgan fingerprint density at radius 3 is 2.30 bits per heavy atom. The maximum absolute atomic E-state index is 11.8. The third-order valence-corrected chi connectivity index (χ3v) is 7.75. The van der Waals surface area contributed by atoms with E-state index < -0.39 is 60.3 Å². The summed E-state index contributed by atoms with van der Waals surface area (Å²) in [7, 11) is -15.4. The zero-order chi connectivity index (χ0) is 22.9. The molecule has 0 amide bonds. The monoisotopic (exact) mass is 497 g/mol. The number of nitrogens with zero attached hydrogens (tertiary/aromatic N) is 2. The lowest BCUT2D eigenvalue weighted by Crippen LogP contribution is -2.36. The van der Waals surface area contributed by atoms with E-state index in [1.807, 2.05) is 0 Å². The van der Waals surface area contributed by atoms with Crippen LogP contribution in [0.15, 0.2) is 17.1 Å². The van der Waals surface area contributed by atoms with Crippen molar-refractivity contribution in [1.29, 1.82) is 0 Å². The molecule has 1 saturated heterocycles. The quantitative estimate of drug-likeness (QED) is 0.211. The van der Waals surface area contributed by atoms with Gasteiger partial charge < -0.3 is 35.4 Å². The Labute approximate surface area is 167 Å². The fourth-order valence-corrected chi connectivity index (χ4v) is 5.48. The number of aliphatic hydroxyl groups is 2. The van der Waals surface area contributed by atoms with Gasteiger partial charge in [-0.05, 0) is 6.07 Å². The van der Waals surface area contributed by atoms with E-state index in [1.54, 1.807) is 0 Å². The van der Waals surface area contributed by atoms with Gasteiger partial charge in [0, 0.05) is 13.3 Å². The zero-order valence-corrected chi connectivity index (χ0v) is 17.6. The van der Waals surface area contributed by atoms with Crippen molar-refractivity contribution in [1.82, 2.24) is 9.55 Å². The highest BCUT2D eigenvalue weighted by atomic mass is 31.3. The van der Waals surface area contributed by atoms with Crippen molar-refractivity contribution >= 4 is 29.3 Å². The molecule has 1 aliphatic heterocycles. The topological polar surface area (TPSA) is 259 Å². The number of aliphatic hydroxyl groups excluding tert-OH is 2. The summed E-state index contributed by atoms with van der Waals surface area (Å²) in [4.78, 5) is 43.0. The number of ether oxygens (including phenoxy) is 1. The number of hydrogen-bond donors (Lipinski definition) is 6. The highest BCUT2D eigenvalue weighted by Gasteiger charge is 2.47. The van der Waals surface area contributed by atoms with E-state index in [0.717, 1.165) is 10.8 Å². The summed E-state index contributed by atoms with van der Waals surface area (Å²) >= 11 is 0. The first-order valence-corrected chi connectivity index (χ1v) is 12.1. The van der Waals surface area contributed by atoms with Gasteiger partial charge in [-0.3, -0.25) is 13.6 Å². The van der Waals surface area contributed by atoms with Crippen LogP contribution in [0.4, 0.5) is 5.82 Å². The highest BCUT2D eigenvalue weighted by molar-refractivity contribution is 7.66. The molecule has 0 spiro atoms. The van der Waals surface area contributed by atoms with E-state index >= 15 is 0 Å². The summed E-state index contributed by atoms with van der Waals surface area (Å²) < 4.78 is 56.2. The van der Waals surface area contributed by atoms with Crippen molar-refractivity contribution in [3.05, 3.63) is 22.7 Å². The fourth-order valence-electron chi connectivity index (χ4n) is 2.22. The average molecular weight is 497 g/mol. The van der Waals surface area contributed by atoms with Crippen LogP contribution in [0.3, 0.4) is 0 Å². The van der Waals surface area contributed by atoms with Gasteiger partial charge >= 0.3 is 29.2 Å². The predicted octanol–water partition coefficient (Wildman–Crippen LogP) is -1.56. The average Bonchev–Trinajstić information content (AvgIpc) is 2.86. The molecule has 1 aromatic rings. The summed E-state index contributed by atoms with van der Waals surface area (Å²) in [6.07, 6.45) is -5.29. The minimum atomic E-state index is -5.61. The lowest BCUT2D eigenvalue weighted by molar-refractivity contribution is -0.0541. The second-order valence-corrected chi connectivity index (χ2v) is 10.4. The van der Waals surface area contributed by atoms with Gasteiger partial charge in [-0.25, -0.2) is 18.5 Å². The molecule has 30 heavy (non-hydrogen) atoms. The smallest absolute Gasteiger partial charge is 0.387 e. The summed E-state index contributed by atoms with van der Waals surface area (Å²) in [6.45, 7) is -0.985. The first-order chi connectivity index (χ1) is 13.7. The van der Waals surface area contributed by atoms with Gasteiger partial charge in [0.05, 0.1) is 6.61 Å². The third kappa shape index (κ3) is 6.48. The SMILES string of the molecule is COP(=O)(O)OP(=O)(O)OP(=O)(O)OC[C@H]1O[C@@H](n2ccc(N)nc2=O)C(O)C1O. The standard InChI is InChI=1S/C10H18N3O14P3/c1-23-28(17,18)26-30(21,22)27-29(19,20)24-4-5-7(14)8(15)9(25-5)13-3-2-6(11)12-10(13)16/h2-3,5,7-9,14-15H,4H2,1H3,(H,17,18)(H,19,20)(H,21,22)(H2,11,12,16)/t5-,7?,8?,9-/m1/s1. The summed E-state index contributed by atoms with van der Waals surface area (Å²) in [5.41, 5.74) is 4.42. The molecule has 1 fully saturated rings. The molecule has 0 aromatic carbocycles. The number of aromatic nitrogens is 2. The molecule has 5 unspecified atom stereocenters. The molecule has 0 radical (unpaired) electrons. The number of hydrogen-bond acceptors (Lipinski definition) is 13. The van der Waals surface area contributed by atoms with Crippen LogP contribution in [0.1, 0.15) is 6.23 Å². The normalized spacial score (nSPS) is 30.3. The lowest BCUT2D eigenvalue weighted by Gasteiger charge is -2.19. The second-order valence-electron chi connectivity index (χ2n) is 5.64. The van der Waals surface area contributed by atoms with Crippen molar-refractivity contribution in [2.24, 2.45) is 0 Å². The molecular formula is C10H18N3O14P3. The Morgan fingerprint density at radius 1 is 1.13 bits per heavy atom. The molecule has 2 rings (SSSR count). The largest absolute Gasteiger partial charge is 0.490 e. The highest BCUT2D eigenvalue weighted by Crippen LogP contribution is 2.67. The Hall–Kier alpha value is -1.03. The number of phosphoric acid groups is 3. The minimum Gasteiger partial charge on any atom is -0.387 e. The van der Waals surface area contributed by atoms with Crippen molar-refractivity contribution in [2.45, 2.75) is 24.5 Å². The maximum Gasteiger partial charge on any atom is 0.490 e. The molecule has 2 heterocycles. The van der Waals surface area contributed by atoms with Crippen molar-refractivity contribution in [2.75, 3.05) is 19.5 Å². The number of anilines is 1. The zero-order valence-electron chi connectivity index (χ0n) is 14.9. The molecule has 7 atom stereocenters. The van der Waals surface area contributed by atoms with Crippen LogP contribution in [0.5, 0.6) is 0 Å². The molecular weight excluding hydrogens is 479 g/mol. The van der Waals surface area contributed by atoms with Gasteiger partial charge in [-0.2, -0.15) is 13.6 Å². The van der Waals surface area contributed by atoms with Gasteiger partial charge in [0.1, 0.15) is 24.1 Å². The molecule has 1 aromatic heterocycles. The molecule has 7 N–H and O–H groups in total. The molecule has 20 heteroatoms. The fraction of sp³-hybridized carbons (Fsp3) is 0.600. The second kappa shape index (κ2) is 9.22. The summed E-state index contributed by atoms with van der Waals surface area (Å²) in [6, 6.07) is 1.21. The van der Waals surface area contributed by atoms with Crippen LogP contribution < -0.4 is 11.4 Å². The predicted molar refractivity (Wildman–Crippen MR) is 93.4 cm³/mol. The van der Waals surface area contributed by atoms with Crippen molar-refractivity contribution < 1.29 is 61.0 Å². The van der Waals surface area contributed by atoms with E-state index in [0.29, 0.717) is 7.11 Å². The number of nitrogen functional groups attached to an aromatic ring is 1. The first-order valence-electron chi connectivity index (χ1n) is 7.64. The van der Waals surface area contributed by atoms with Crippen LogP contribution >= 0.6 is 23.5 Å². The summed E-state index contributed by atoms with van der Waals surface area (Å²) in [5.74, 6) is -0.112. The van der Waals surface area contributed by atoms with E-state index in [2.05, 4.69) is 22.7 Å². The maximum atomic E-state index is 11.8. The van der Waals surface area contributed by atoms with E-state index in [4.69, 9.17) is 15.4 Å². The molecule has 0 aliphatic carbocycles. The van der Waals surface area contributed by atoms with Crippen LogP contribution in [-0.4, -0.2) is 66.5 Å². The Kier molecular flexibility index (Phi) is 7.76. The van der Waals surface area contributed by atoms with E-state index in [1.165, 1.54) is 6.07 Å². The van der Waals surface area contributed by atoms with Crippen LogP contribution in [0.25, 0.3) is 0 Å². The third-order valence-electron chi connectivity index (χ3n) is 3.51. The van der Waals surface area contributed by atoms with Crippen molar-refractivity contribution in [3.8, 4) is 0 Å². The van der Waals surface area contributed by atoms with Crippen molar-refractivity contribution in [3.63, 3.8) is 0 Å². The number of phosphoric ester groups is 2. The van der Waals surface area contributed by atoms with Crippen LogP contribution in [0, 0.1) is 0 Å². The van der Waals surface area contributed by atoms with E-state index in [-0.39, 0.29) is 5.82 Å². The Bertz CT molecular complexity index is 969. The van der Waals surface area contributed by atoms with E-state index in [9.17, 15) is 38.5 Å². The van der Waals surface area contributed by atoms with Crippen LogP contribution in [-0.2, 0) is 36.1 Å². The number of nitrogens with two attached hydrogens (primary N) is 1. The molecule has 0 saturated carbocycles. The first kappa shape index (κ1) is 25.2. The molecule has 0 bridgehead atoms. The summed E-state index contributed by atoms with van der Waals surface area (Å²) in [5, 5.41) is 20.1. The van der Waals surface area contributed by atoms with Gasteiger partial charge in [-0.1, -0.05) is 0 Å². The van der Waals surface area contributed by atoms with Gasteiger partial charge in [0.15, 0.2) is 6.23 Å². The van der Waals surface area contributed by atoms with Gasteiger partial charge in [0.2, 0.25) is 0 Å². The van der Waals surface area contributed by atoms with Gasteiger partial charge in [-0.15, -0.1) is 0 Å². The lowest BCUT2D eigenvalue weighted by atomic mass is 10.1. The minimum absolute atomic E-state index is 0.112. The number of rotatable bonds is 9. The van der Waals surface area contributed by atoms with Crippen LogP contribution in [0.2, 0.25) is 0 Å². The molecule has 17 nitrogen and oxygen atoms in total. The Morgan fingerprint density at radius 2 is 1.73 bits per heavy atom. The van der Waals surface area contributed by atoms with Gasteiger partial charge in [0.25, 0.3) is 0 Å².